The van der Waals surface area contributed by atoms with Gasteiger partial charge in [-0.1, -0.05) is 26.8 Å². The lowest BCUT2D eigenvalue weighted by molar-refractivity contribution is -0.117. The molecule has 1 aromatic rings. The van der Waals surface area contributed by atoms with Crippen LogP contribution in [-0.2, 0) is 4.79 Å². The maximum Gasteiger partial charge on any atom is 0.251 e. The van der Waals surface area contributed by atoms with E-state index in [2.05, 4.69) is 36.3 Å². The number of amides is 2. The van der Waals surface area contributed by atoms with Crippen LogP contribution in [0.15, 0.2) is 24.3 Å². The summed E-state index contributed by atoms with van der Waals surface area (Å²) in [5.74, 6) is 1.43. The summed E-state index contributed by atoms with van der Waals surface area (Å²) < 4.78 is 0. The summed E-state index contributed by atoms with van der Waals surface area (Å²) >= 11 is 0. The number of carbonyl (C=O) groups is 2. The molecule has 0 aromatic heterocycles. The maximum atomic E-state index is 12.6. The molecule has 2 aliphatic rings. The Bertz CT molecular complexity index is 661. The molecule has 1 heterocycles. The second-order valence-electron chi connectivity index (χ2n) is 8.58. The van der Waals surface area contributed by atoms with Crippen molar-refractivity contribution < 1.29 is 9.59 Å². The van der Waals surface area contributed by atoms with Crippen molar-refractivity contribution >= 4 is 17.5 Å². The van der Waals surface area contributed by atoms with Gasteiger partial charge < -0.3 is 10.6 Å². The van der Waals surface area contributed by atoms with Crippen molar-refractivity contribution in [1.29, 1.82) is 0 Å². The molecule has 5 heteroatoms. The molecule has 1 unspecified atom stereocenters. The molecule has 2 fully saturated rings. The van der Waals surface area contributed by atoms with E-state index in [4.69, 9.17) is 0 Å². The standard InChI is InChI=1S/C22H33N3O2/c1-15(2)20(25-11-9-16(3)10-12-25)14-23-21(26)18-5-4-6-19(13-18)24-22(27)17-7-8-17/h4-6,13,15-17,20H,7-12,14H2,1-3H3,(H,23,26)(H,24,27). The SMILES string of the molecule is CC1CCN(C(CNC(=O)c2cccc(NC(=O)C3CC3)c2)C(C)C)CC1. The largest absolute Gasteiger partial charge is 0.350 e. The van der Waals surface area contributed by atoms with Gasteiger partial charge in [0.15, 0.2) is 0 Å². The Labute approximate surface area is 162 Å². The molecular formula is C22H33N3O2. The minimum Gasteiger partial charge on any atom is -0.350 e. The van der Waals surface area contributed by atoms with Crippen LogP contribution < -0.4 is 10.6 Å². The number of anilines is 1. The quantitative estimate of drug-likeness (QED) is 0.771. The van der Waals surface area contributed by atoms with Gasteiger partial charge in [0.05, 0.1) is 0 Å². The first-order valence-corrected chi connectivity index (χ1v) is 10.4. The molecule has 148 valence electrons. The van der Waals surface area contributed by atoms with E-state index in [1.54, 1.807) is 12.1 Å². The number of benzene rings is 1. The van der Waals surface area contributed by atoms with Gasteiger partial charge in [0.2, 0.25) is 5.91 Å². The van der Waals surface area contributed by atoms with Crippen LogP contribution in [0.1, 0.15) is 56.8 Å². The molecule has 0 bridgehead atoms. The molecule has 5 nitrogen and oxygen atoms in total. The van der Waals surface area contributed by atoms with Crippen LogP contribution in [-0.4, -0.2) is 42.4 Å². The second kappa shape index (κ2) is 8.87. The normalized spacial score (nSPS) is 19.7. The first kappa shape index (κ1) is 19.9. The zero-order chi connectivity index (χ0) is 19.4. The fraction of sp³-hybridized carbons (Fsp3) is 0.636. The van der Waals surface area contributed by atoms with Gasteiger partial charge in [0.25, 0.3) is 5.91 Å². The minimum atomic E-state index is -0.0754. The molecule has 3 rings (SSSR count). The van der Waals surface area contributed by atoms with Gasteiger partial charge >= 0.3 is 0 Å². The van der Waals surface area contributed by atoms with E-state index in [1.807, 2.05) is 12.1 Å². The predicted octanol–water partition coefficient (Wildman–Crippen LogP) is 3.52. The topological polar surface area (TPSA) is 61.4 Å². The lowest BCUT2D eigenvalue weighted by Crippen LogP contribution is -2.49. The van der Waals surface area contributed by atoms with Crippen molar-refractivity contribution in [3.63, 3.8) is 0 Å². The minimum absolute atomic E-state index is 0.0618. The second-order valence-corrected chi connectivity index (χ2v) is 8.58. The molecule has 0 radical (unpaired) electrons. The molecule has 1 atom stereocenters. The number of likely N-dealkylation sites (tertiary alicyclic amines) is 1. The van der Waals surface area contributed by atoms with E-state index in [0.717, 1.165) is 31.8 Å². The number of nitrogens with one attached hydrogen (secondary N) is 2. The summed E-state index contributed by atoms with van der Waals surface area (Å²) in [5.41, 5.74) is 1.29. The summed E-state index contributed by atoms with van der Waals surface area (Å²) in [6.07, 6.45) is 4.41. The third-order valence-corrected chi connectivity index (χ3v) is 5.87. The number of carbonyl (C=O) groups excluding carboxylic acids is 2. The summed E-state index contributed by atoms with van der Waals surface area (Å²) in [4.78, 5) is 27.1. The number of rotatable bonds is 7. The molecule has 1 saturated heterocycles. The van der Waals surface area contributed by atoms with Crippen molar-refractivity contribution in [1.82, 2.24) is 10.2 Å². The number of piperidine rings is 1. The van der Waals surface area contributed by atoms with Crippen LogP contribution in [0.3, 0.4) is 0 Å². The Kier molecular flexibility index (Phi) is 6.53. The molecule has 2 amide bonds. The lowest BCUT2D eigenvalue weighted by Gasteiger charge is -2.38. The van der Waals surface area contributed by atoms with Crippen LogP contribution >= 0.6 is 0 Å². The van der Waals surface area contributed by atoms with Crippen molar-refractivity contribution in [2.45, 2.75) is 52.5 Å². The highest BCUT2D eigenvalue weighted by atomic mass is 16.2. The smallest absolute Gasteiger partial charge is 0.251 e. The highest BCUT2D eigenvalue weighted by Crippen LogP contribution is 2.30. The first-order chi connectivity index (χ1) is 12.9. The summed E-state index contributed by atoms with van der Waals surface area (Å²) in [7, 11) is 0. The van der Waals surface area contributed by atoms with Crippen molar-refractivity contribution in [3.05, 3.63) is 29.8 Å². The Morgan fingerprint density at radius 1 is 1.15 bits per heavy atom. The average molecular weight is 372 g/mol. The number of nitrogens with zero attached hydrogens (tertiary/aromatic N) is 1. The molecule has 1 aliphatic heterocycles. The van der Waals surface area contributed by atoms with Crippen LogP contribution in [0.5, 0.6) is 0 Å². The van der Waals surface area contributed by atoms with Gasteiger partial charge in [0, 0.05) is 29.8 Å². The zero-order valence-electron chi connectivity index (χ0n) is 16.8. The Morgan fingerprint density at radius 2 is 1.85 bits per heavy atom. The highest BCUT2D eigenvalue weighted by Gasteiger charge is 2.29. The van der Waals surface area contributed by atoms with Crippen molar-refractivity contribution in [2.24, 2.45) is 17.8 Å². The van der Waals surface area contributed by atoms with Crippen LogP contribution in [0.25, 0.3) is 0 Å². The molecule has 2 N–H and O–H groups in total. The van der Waals surface area contributed by atoms with Gasteiger partial charge in [-0.25, -0.2) is 0 Å². The Balaban J connectivity index is 1.56. The predicted molar refractivity (Wildman–Crippen MR) is 109 cm³/mol. The van der Waals surface area contributed by atoms with E-state index in [0.29, 0.717) is 29.8 Å². The molecule has 1 saturated carbocycles. The lowest BCUT2D eigenvalue weighted by atomic mass is 9.94. The molecule has 1 aliphatic carbocycles. The molecule has 1 aromatic carbocycles. The fourth-order valence-electron chi connectivity index (χ4n) is 3.77. The summed E-state index contributed by atoms with van der Waals surface area (Å²) in [6, 6.07) is 7.59. The maximum absolute atomic E-state index is 12.6. The summed E-state index contributed by atoms with van der Waals surface area (Å²) in [5, 5.41) is 6.02. The number of hydrogen-bond acceptors (Lipinski definition) is 3. The van der Waals surface area contributed by atoms with Gasteiger partial charge in [-0.3, -0.25) is 14.5 Å². The van der Waals surface area contributed by atoms with Crippen LogP contribution in [0.4, 0.5) is 5.69 Å². The van der Waals surface area contributed by atoms with Crippen molar-refractivity contribution in [3.8, 4) is 0 Å². The van der Waals surface area contributed by atoms with E-state index in [-0.39, 0.29) is 17.7 Å². The van der Waals surface area contributed by atoms with E-state index < -0.39 is 0 Å². The third kappa shape index (κ3) is 5.55. The monoisotopic (exact) mass is 371 g/mol. The molecule has 27 heavy (non-hydrogen) atoms. The van der Waals surface area contributed by atoms with E-state index in [1.165, 1.54) is 12.8 Å². The van der Waals surface area contributed by atoms with Gasteiger partial charge in [-0.2, -0.15) is 0 Å². The number of hydrogen-bond donors (Lipinski definition) is 2. The Morgan fingerprint density at radius 3 is 2.48 bits per heavy atom. The van der Waals surface area contributed by atoms with E-state index >= 15 is 0 Å². The fourth-order valence-corrected chi connectivity index (χ4v) is 3.77. The first-order valence-electron chi connectivity index (χ1n) is 10.4. The molecule has 0 spiro atoms. The van der Waals surface area contributed by atoms with E-state index in [9.17, 15) is 9.59 Å². The Hall–Kier alpha value is -1.88. The third-order valence-electron chi connectivity index (χ3n) is 5.87. The van der Waals surface area contributed by atoms with Gasteiger partial charge in [-0.15, -0.1) is 0 Å². The van der Waals surface area contributed by atoms with Crippen molar-refractivity contribution in [2.75, 3.05) is 25.0 Å². The van der Waals surface area contributed by atoms with Gasteiger partial charge in [0.1, 0.15) is 0 Å². The molecular weight excluding hydrogens is 338 g/mol. The average Bonchev–Trinajstić information content (AvgIpc) is 3.48. The zero-order valence-corrected chi connectivity index (χ0v) is 16.8. The summed E-state index contributed by atoms with van der Waals surface area (Å²) in [6.45, 7) is 9.65. The van der Waals surface area contributed by atoms with Gasteiger partial charge in [-0.05, 0) is 68.8 Å². The van der Waals surface area contributed by atoms with Crippen LogP contribution in [0.2, 0.25) is 0 Å². The van der Waals surface area contributed by atoms with Crippen LogP contribution in [0, 0.1) is 17.8 Å². The highest BCUT2D eigenvalue weighted by molar-refractivity contribution is 5.98.